The number of alkyl halides is 3. The van der Waals surface area contributed by atoms with E-state index in [1.165, 1.54) is 23.1 Å². The summed E-state index contributed by atoms with van der Waals surface area (Å²) in [7, 11) is 0. The molecule has 0 saturated heterocycles. The number of H-pyrrole nitrogens is 1. The van der Waals surface area contributed by atoms with Crippen molar-refractivity contribution in [1.82, 2.24) is 34.7 Å². The van der Waals surface area contributed by atoms with Crippen LogP contribution in [-0.4, -0.2) is 34.7 Å². The van der Waals surface area contributed by atoms with Crippen LogP contribution < -0.4 is 5.56 Å². The Kier molecular flexibility index (Phi) is 5.52. The molecule has 1 N–H and O–H groups in total. The van der Waals surface area contributed by atoms with Crippen LogP contribution in [-0.2, 0) is 6.18 Å². The number of halogens is 4. The maximum Gasteiger partial charge on any atom is 0.433 e. The van der Waals surface area contributed by atoms with E-state index in [0.717, 1.165) is 25.1 Å². The number of rotatable bonds is 4. The number of nitrogens with one attached hydrogen (secondary N) is 1. The first-order chi connectivity index (χ1) is 16.7. The summed E-state index contributed by atoms with van der Waals surface area (Å²) in [5, 5.41) is 14.2. The Balaban J connectivity index is 1.56. The van der Waals surface area contributed by atoms with Gasteiger partial charge in [-0.05, 0) is 31.4 Å². The molecule has 1 aliphatic rings. The predicted octanol–water partition coefficient (Wildman–Crippen LogP) is 4.12. The number of nitriles is 1. The molecule has 4 heterocycles. The van der Waals surface area contributed by atoms with Gasteiger partial charge in [0.25, 0.3) is 5.56 Å². The maximum atomic E-state index is 13.0. The summed E-state index contributed by atoms with van der Waals surface area (Å²) < 4.78 is 40.1. The van der Waals surface area contributed by atoms with Crippen molar-refractivity contribution in [3.8, 4) is 6.07 Å². The van der Waals surface area contributed by atoms with E-state index in [1.54, 1.807) is 6.92 Å². The number of aromatic nitrogens is 7. The first kappa shape index (κ1) is 22.9. The zero-order valence-electron chi connectivity index (χ0n) is 18.1. The minimum atomic E-state index is -4.56. The van der Waals surface area contributed by atoms with Crippen molar-refractivity contribution in [2.45, 2.75) is 43.8 Å². The second-order valence-electron chi connectivity index (χ2n) is 8.26. The molecule has 0 radical (unpaired) electrons. The minimum absolute atomic E-state index is 0.0154. The van der Waals surface area contributed by atoms with Crippen molar-refractivity contribution in [2.24, 2.45) is 0 Å². The van der Waals surface area contributed by atoms with Crippen LogP contribution in [0.15, 0.2) is 35.5 Å². The molecule has 0 aromatic carbocycles. The summed E-state index contributed by atoms with van der Waals surface area (Å²) in [5.74, 6) is 0.755. The Labute approximate surface area is 200 Å². The van der Waals surface area contributed by atoms with Gasteiger partial charge in [-0.3, -0.25) is 9.78 Å². The van der Waals surface area contributed by atoms with Crippen LogP contribution in [0.25, 0.3) is 11.0 Å². The summed E-state index contributed by atoms with van der Waals surface area (Å²) >= 11 is 5.88. The lowest BCUT2D eigenvalue weighted by atomic mass is 9.72. The third kappa shape index (κ3) is 4.01. The summed E-state index contributed by atoms with van der Waals surface area (Å²) in [6.45, 7) is 1.67. The van der Waals surface area contributed by atoms with Crippen LogP contribution in [0.3, 0.4) is 0 Å². The summed E-state index contributed by atoms with van der Waals surface area (Å²) in [5.41, 5.74) is -1.10. The molecule has 1 fully saturated rings. The normalized spacial score (nSPS) is 18.7. The molecule has 4 aromatic rings. The third-order valence-corrected chi connectivity index (χ3v) is 6.40. The molecule has 4 aromatic heterocycles. The molecule has 0 unspecified atom stereocenters. The largest absolute Gasteiger partial charge is 0.433 e. The highest BCUT2D eigenvalue weighted by Crippen LogP contribution is 2.46. The quantitative estimate of drug-likeness (QED) is 0.446. The Morgan fingerprint density at radius 1 is 1.17 bits per heavy atom. The first-order valence-corrected chi connectivity index (χ1v) is 11.0. The lowest BCUT2D eigenvalue weighted by Gasteiger charge is -2.34. The Bertz CT molecular complexity index is 1510. The van der Waals surface area contributed by atoms with Gasteiger partial charge in [-0.15, -0.1) is 0 Å². The van der Waals surface area contributed by atoms with Gasteiger partial charge >= 0.3 is 6.18 Å². The van der Waals surface area contributed by atoms with Crippen molar-refractivity contribution < 1.29 is 13.2 Å². The minimum Gasteiger partial charge on any atom is -0.310 e. The van der Waals surface area contributed by atoms with Gasteiger partial charge < -0.3 is 4.98 Å². The monoisotopic (exact) mass is 500 g/mol. The van der Waals surface area contributed by atoms with Gasteiger partial charge in [-0.25, -0.2) is 19.6 Å². The molecule has 3 atom stereocenters. The molecular weight excluding hydrogens is 485 g/mol. The lowest BCUT2D eigenvalue weighted by Crippen LogP contribution is -2.28. The van der Waals surface area contributed by atoms with E-state index in [-0.39, 0.29) is 28.6 Å². The Hall–Kier alpha value is -3.85. The van der Waals surface area contributed by atoms with Crippen LogP contribution in [0, 0.1) is 11.3 Å². The van der Waals surface area contributed by atoms with Crippen LogP contribution in [0.4, 0.5) is 13.2 Å². The van der Waals surface area contributed by atoms with Gasteiger partial charge in [0.1, 0.15) is 28.8 Å². The van der Waals surface area contributed by atoms with Gasteiger partial charge in [0.15, 0.2) is 11.3 Å². The highest BCUT2D eigenvalue weighted by atomic mass is 35.5. The average molecular weight is 501 g/mol. The molecule has 5 rings (SSSR count). The molecule has 1 aliphatic carbocycles. The molecule has 35 heavy (non-hydrogen) atoms. The van der Waals surface area contributed by atoms with Crippen molar-refractivity contribution >= 4 is 22.6 Å². The number of nitrogens with zero attached hydrogens (tertiary/aromatic N) is 7. The van der Waals surface area contributed by atoms with Crippen molar-refractivity contribution in [3.63, 3.8) is 0 Å². The van der Waals surface area contributed by atoms with E-state index in [4.69, 9.17) is 11.6 Å². The number of hydrogen-bond donors (Lipinski definition) is 1. The zero-order valence-corrected chi connectivity index (χ0v) is 18.8. The van der Waals surface area contributed by atoms with Crippen LogP contribution >= 0.6 is 11.6 Å². The summed E-state index contributed by atoms with van der Waals surface area (Å²) in [6.07, 6.45) is 1.08. The number of hydrogen-bond acceptors (Lipinski definition) is 7. The van der Waals surface area contributed by atoms with E-state index in [1.807, 2.05) is 6.07 Å². The van der Waals surface area contributed by atoms with Crippen molar-refractivity contribution in [2.75, 3.05) is 0 Å². The first-order valence-electron chi connectivity index (χ1n) is 10.6. The van der Waals surface area contributed by atoms with E-state index >= 15 is 0 Å². The van der Waals surface area contributed by atoms with Gasteiger partial charge in [0.2, 0.25) is 0 Å². The van der Waals surface area contributed by atoms with Crippen LogP contribution in [0.2, 0.25) is 5.02 Å². The molecule has 13 heteroatoms. The average Bonchev–Trinajstić information content (AvgIpc) is 3.18. The number of pyridine rings is 1. The summed E-state index contributed by atoms with van der Waals surface area (Å²) in [6, 6.07) is 3.41. The van der Waals surface area contributed by atoms with E-state index < -0.39 is 23.5 Å². The Morgan fingerprint density at radius 2 is 1.89 bits per heavy atom. The Morgan fingerprint density at radius 3 is 2.46 bits per heavy atom. The SMILES string of the molecule is C[C@@H](c1ccc(C(F)(F)F)nc1)n1nc(C#N)c2c(=O)[nH]c([C@@H]3CC[C@H]3c3ncc(Cl)cn3)nc21. The molecule has 0 bridgehead atoms. The standard InChI is InChI=1S/C22H16ClF3N8O/c1-10(11-2-5-16(28-7-11)22(24,25)26)34-20-17(15(6-27)33-34)21(35)32-19(31-20)14-4-3-13(14)18-29-8-12(23)9-30-18/h2,5,7-10,13-14H,3-4H2,1H3,(H,31,32,35)/t10-,13+,14+/m0/s1. The van der Waals surface area contributed by atoms with Crippen molar-refractivity contribution in [1.29, 1.82) is 5.26 Å². The van der Waals surface area contributed by atoms with E-state index in [2.05, 4.69) is 30.0 Å². The molecule has 0 amide bonds. The summed E-state index contributed by atoms with van der Waals surface area (Å²) in [4.78, 5) is 32.4. The molecular formula is C22H16ClF3N8O. The third-order valence-electron chi connectivity index (χ3n) is 6.21. The van der Waals surface area contributed by atoms with Gasteiger partial charge in [-0.1, -0.05) is 17.7 Å². The molecule has 9 nitrogen and oxygen atoms in total. The fraction of sp³-hybridized carbons (Fsp3) is 0.318. The van der Waals surface area contributed by atoms with Gasteiger partial charge in [0.05, 0.1) is 11.1 Å². The number of aromatic amines is 1. The van der Waals surface area contributed by atoms with E-state index in [9.17, 15) is 23.2 Å². The topological polar surface area (TPSA) is 126 Å². The molecule has 1 saturated carbocycles. The maximum absolute atomic E-state index is 13.0. The van der Waals surface area contributed by atoms with Gasteiger partial charge in [0, 0.05) is 30.4 Å². The fourth-order valence-corrected chi connectivity index (χ4v) is 4.30. The zero-order chi connectivity index (χ0) is 24.9. The lowest BCUT2D eigenvalue weighted by molar-refractivity contribution is -0.141. The van der Waals surface area contributed by atoms with Gasteiger partial charge in [-0.2, -0.15) is 23.5 Å². The smallest absolute Gasteiger partial charge is 0.310 e. The number of fused-ring (bicyclic) bond motifs is 1. The highest BCUT2D eigenvalue weighted by molar-refractivity contribution is 6.30. The molecule has 178 valence electrons. The second kappa shape index (κ2) is 8.42. The highest BCUT2D eigenvalue weighted by Gasteiger charge is 2.38. The van der Waals surface area contributed by atoms with E-state index in [0.29, 0.717) is 22.2 Å². The predicted molar refractivity (Wildman–Crippen MR) is 118 cm³/mol. The fourth-order valence-electron chi connectivity index (χ4n) is 4.20. The van der Waals surface area contributed by atoms with Crippen LogP contribution in [0.5, 0.6) is 0 Å². The second-order valence-corrected chi connectivity index (χ2v) is 8.69. The molecule has 0 spiro atoms. The van der Waals surface area contributed by atoms with Crippen LogP contribution in [0.1, 0.15) is 66.2 Å². The molecule has 0 aliphatic heterocycles. The van der Waals surface area contributed by atoms with Crippen molar-refractivity contribution in [3.05, 3.63) is 74.7 Å².